The first kappa shape index (κ1) is 15.7. The van der Waals surface area contributed by atoms with Crippen molar-refractivity contribution in [3.8, 4) is 0 Å². The van der Waals surface area contributed by atoms with E-state index in [-0.39, 0.29) is 5.41 Å². The Balaban J connectivity index is 1.74. The summed E-state index contributed by atoms with van der Waals surface area (Å²) >= 11 is 0. The predicted molar refractivity (Wildman–Crippen MR) is 99.1 cm³/mol. The monoisotopic (exact) mass is 310 g/mol. The van der Waals surface area contributed by atoms with E-state index >= 15 is 0 Å². The van der Waals surface area contributed by atoms with E-state index in [4.69, 9.17) is 0 Å². The van der Waals surface area contributed by atoms with Gasteiger partial charge in [-0.05, 0) is 90.9 Å². The Bertz CT molecular complexity index is 569. The topological polar surface area (TPSA) is 0 Å². The number of allylic oxidation sites excluding steroid dienone is 3. The van der Waals surface area contributed by atoms with Gasteiger partial charge in [0.1, 0.15) is 0 Å². The highest BCUT2D eigenvalue weighted by atomic mass is 14.7. The molecule has 0 amide bonds. The number of fused-ring (bicyclic) bond motifs is 3. The normalized spacial score (nSPS) is 51.7. The highest BCUT2D eigenvalue weighted by molar-refractivity contribution is 5.28. The van der Waals surface area contributed by atoms with E-state index in [0.29, 0.717) is 10.8 Å². The summed E-state index contributed by atoms with van der Waals surface area (Å²) in [5.41, 5.74) is 4.28. The molecule has 4 aliphatic carbocycles. The van der Waals surface area contributed by atoms with Crippen LogP contribution in [0.15, 0.2) is 37.0 Å². The molecule has 4 aliphatic rings. The van der Waals surface area contributed by atoms with Gasteiger partial charge in [0.25, 0.3) is 0 Å². The highest BCUT2D eigenvalue weighted by Crippen LogP contribution is 2.72. The van der Waals surface area contributed by atoms with E-state index in [0.717, 1.165) is 17.8 Å². The Hall–Kier alpha value is -0.780. The predicted octanol–water partition coefficient (Wildman–Crippen LogP) is 6.70. The summed E-state index contributed by atoms with van der Waals surface area (Å²) in [7, 11) is 0. The van der Waals surface area contributed by atoms with Crippen molar-refractivity contribution in [2.24, 2.45) is 34.0 Å². The Morgan fingerprint density at radius 3 is 2.61 bits per heavy atom. The van der Waals surface area contributed by atoms with Gasteiger partial charge in [-0.25, -0.2) is 0 Å². The van der Waals surface area contributed by atoms with Gasteiger partial charge < -0.3 is 0 Å². The molecule has 0 saturated heterocycles. The Morgan fingerprint density at radius 2 is 1.87 bits per heavy atom. The average Bonchev–Trinajstić information content (AvgIpc) is 2.75. The first-order valence-electron chi connectivity index (χ1n) is 9.85. The number of rotatable bonds is 2. The third kappa shape index (κ3) is 1.90. The smallest absolute Gasteiger partial charge is 0.00478 e. The third-order valence-electron chi connectivity index (χ3n) is 9.04. The summed E-state index contributed by atoms with van der Waals surface area (Å²) < 4.78 is 0. The molecule has 0 heterocycles. The summed E-state index contributed by atoms with van der Waals surface area (Å²) in [5.74, 6) is 2.57. The maximum atomic E-state index is 4.45. The third-order valence-corrected chi connectivity index (χ3v) is 9.04. The van der Waals surface area contributed by atoms with Crippen molar-refractivity contribution in [2.75, 3.05) is 0 Å². The van der Waals surface area contributed by atoms with Crippen LogP contribution in [0.25, 0.3) is 0 Å². The molecule has 0 radical (unpaired) electrons. The number of hydrogen-bond acceptors (Lipinski definition) is 0. The van der Waals surface area contributed by atoms with Gasteiger partial charge >= 0.3 is 0 Å². The van der Waals surface area contributed by atoms with E-state index in [1.165, 1.54) is 63.4 Å². The average molecular weight is 311 g/mol. The van der Waals surface area contributed by atoms with Crippen LogP contribution < -0.4 is 0 Å². The van der Waals surface area contributed by atoms with E-state index in [1.54, 1.807) is 5.57 Å². The lowest BCUT2D eigenvalue weighted by Gasteiger charge is -2.64. The van der Waals surface area contributed by atoms with Gasteiger partial charge in [0.15, 0.2) is 0 Å². The fraction of sp³-hybridized carbons (Fsp3) is 0.739. The van der Waals surface area contributed by atoms with Crippen molar-refractivity contribution >= 4 is 0 Å². The quantitative estimate of drug-likeness (QED) is 0.393. The van der Waals surface area contributed by atoms with Gasteiger partial charge in [0, 0.05) is 0 Å². The molecule has 2 bridgehead atoms. The maximum Gasteiger partial charge on any atom is -0.00478 e. The minimum atomic E-state index is 0.281. The molecule has 0 N–H and O–H groups in total. The molecule has 1 spiro atoms. The minimum absolute atomic E-state index is 0.281. The van der Waals surface area contributed by atoms with Crippen LogP contribution in [-0.4, -0.2) is 0 Å². The second-order valence-corrected chi connectivity index (χ2v) is 9.83. The van der Waals surface area contributed by atoms with Crippen molar-refractivity contribution in [1.82, 2.24) is 0 Å². The van der Waals surface area contributed by atoms with Crippen molar-refractivity contribution in [2.45, 2.75) is 71.6 Å². The standard InChI is InChI=1S/C23H34/c1-6-17(3)21(4)11-7-12-22(5)19(21)10-13-23-14-16(2)18(15-23)8-9-20(22)23/h6,18-20H,1-3,7-15H2,4-5H3/t18-,19?,20?,21-,22+,23+/m0/s1. The lowest BCUT2D eigenvalue weighted by Crippen LogP contribution is -2.56. The molecule has 0 aliphatic heterocycles. The molecule has 2 unspecified atom stereocenters. The van der Waals surface area contributed by atoms with Gasteiger partial charge in [-0.3, -0.25) is 0 Å². The van der Waals surface area contributed by atoms with Crippen LogP contribution in [0.1, 0.15) is 71.6 Å². The molecule has 0 nitrogen and oxygen atoms in total. The van der Waals surface area contributed by atoms with E-state index < -0.39 is 0 Å². The SMILES string of the molecule is C=CC(=C)[C@]1(C)CCC[C@@]2(C)C3CC[C@H]4C[C@@]3(CCC21)CC4=C. The van der Waals surface area contributed by atoms with E-state index in [1.807, 2.05) is 6.08 Å². The van der Waals surface area contributed by atoms with Crippen LogP contribution in [0, 0.1) is 34.0 Å². The maximum absolute atomic E-state index is 4.45. The van der Waals surface area contributed by atoms with Gasteiger partial charge in [-0.15, -0.1) is 0 Å². The van der Waals surface area contributed by atoms with Crippen LogP contribution in [0.5, 0.6) is 0 Å². The second-order valence-electron chi connectivity index (χ2n) is 9.83. The van der Waals surface area contributed by atoms with Crippen molar-refractivity contribution < 1.29 is 0 Å². The van der Waals surface area contributed by atoms with Gasteiger partial charge in [-0.1, -0.05) is 51.7 Å². The van der Waals surface area contributed by atoms with Gasteiger partial charge in [0.05, 0.1) is 0 Å². The summed E-state index contributed by atoms with van der Waals surface area (Å²) in [6.07, 6.45) is 14.7. The minimum Gasteiger partial charge on any atom is -0.0996 e. The second kappa shape index (κ2) is 4.87. The van der Waals surface area contributed by atoms with Gasteiger partial charge in [0.2, 0.25) is 0 Å². The summed E-state index contributed by atoms with van der Waals surface area (Å²) in [6, 6.07) is 0. The molecular formula is C23H34. The molecule has 4 rings (SSSR count). The van der Waals surface area contributed by atoms with Gasteiger partial charge in [-0.2, -0.15) is 0 Å². The molecule has 0 aromatic rings. The Labute approximate surface area is 143 Å². The molecule has 6 atom stereocenters. The lowest BCUT2D eigenvalue weighted by atomic mass is 9.40. The van der Waals surface area contributed by atoms with Crippen LogP contribution >= 0.6 is 0 Å². The highest BCUT2D eigenvalue weighted by Gasteiger charge is 2.63. The zero-order valence-electron chi connectivity index (χ0n) is 15.3. The molecular weight excluding hydrogens is 276 g/mol. The van der Waals surface area contributed by atoms with E-state index in [9.17, 15) is 0 Å². The Kier molecular flexibility index (Phi) is 3.33. The van der Waals surface area contributed by atoms with Crippen molar-refractivity contribution in [3.05, 3.63) is 37.0 Å². The van der Waals surface area contributed by atoms with Crippen LogP contribution in [0.2, 0.25) is 0 Å². The first-order valence-corrected chi connectivity index (χ1v) is 9.85. The fourth-order valence-electron chi connectivity index (χ4n) is 7.97. The Morgan fingerprint density at radius 1 is 1.09 bits per heavy atom. The fourth-order valence-corrected chi connectivity index (χ4v) is 7.97. The molecule has 23 heavy (non-hydrogen) atoms. The van der Waals surface area contributed by atoms with Crippen molar-refractivity contribution in [3.63, 3.8) is 0 Å². The largest absolute Gasteiger partial charge is 0.0996 e. The lowest BCUT2D eigenvalue weighted by molar-refractivity contribution is -0.138. The van der Waals surface area contributed by atoms with Crippen molar-refractivity contribution in [1.29, 1.82) is 0 Å². The molecule has 0 aromatic heterocycles. The first-order chi connectivity index (χ1) is 10.9. The van der Waals surface area contributed by atoms with Crippen LogP contribution in [-0.2, 0) is 0 Å². The molecule has 0 heteroatoms. The zero-order valence-corrected chi connectivity index (χ0v) is 15.3. The zero-order chi connectivity index (χ0) is 16.5. The van der Waals surface area contributed by atoms with Crippen LogP contribution in [0.3, 0.4) is 0 Å². The van der Waals surface area contributed by atoms with E-state index in [2.05, 4.69) is 33.6 Å². The molecule has 4 saturated carbocycles. The summed E-state index contributed by atoms with van der Waals surface area (Å²) in [4.78, 5) is 0. The summed E-state index contributed by atoms with van der Waals surface area (Å²) in [5, 5.41) is 0. The van der Waals surface area contributed by atoms with Crippen LogP contribution in [0.4, 0.5) is 0 Å². The molecule has 0 aromatic carbocycles. The molecule has 126 valence electrons. The molecule has 4 fully saturated rings. The number of hydrogen-bond donors (Lipinski definition) is 0. The summed E-state index contributed by atoms with van der Waals surface area (Å²) in [6.45, 7) is 18.1.